The standard InChI is InChI=1S/C18H25N3O3/c1-11(15-9-12-4-5-13(15)8-12)19-18(22)14-6-7-16(20(2)3)17(10-14)21(23)24/h6-7,10-13,15H,4-5,8-9H2,1-3H3,(H,19,22). The Bertz CT molecular complexity index is 659. The number of nitrogens with zero attached hydrogens (tertiary/aromatic N) is 2. The number of hydrogen-bond acceptors (Lipinski definition) is 4. The van der Waals surface area contributed by atoms with Crippen LogP contribution in [0.15, 0.2) is 18.2 Å². The summed E-state index contributed by atoms with van der Waals surface area (Å²) in [5.41, 5.74) is 0.806. The van der Waals surface area contributed by atoms with Crippen LogP contribution in [0.4, 0.5) is 11.4 Å². The summed E-state index contributed by atoms with van der Waals surface area (Å²) < 4.78 is 0. The molecule has 1 aromatic rings. The van der Waals surface area contributed by atoms with Crippen molar-refractivity contribution in [3.05, 3.63) is 33.9 Å². The first-order valence-corrected chi connectivity index (χ1v) is 8.63. The molecule has 2 aliphatic carbocycles. The van der Waals surface area contributed by atoms with Gasteiger partial charge in [0.25, 0.3) is 11.6 Å². The van der Waals surface area contributed by atoms with Crippen LogP contribution in [0.2, 0.25) is 0 Å². The normalized spacial score (nSPS) is 26.2. The van der Waals surface area contributed by atoms with Crippen molar-refractivity contribution in [2.45, 2.75) is 38.6 Å². The zero-order chi connectivity index (χ0) is 17.4. The number of nitro groups is 1. The Morgan fingerprint density at radius 2 is 2.08 bits per heavy atom. The lowest BCUT2D eigenvalue weighted by Crippen LogP contribution is -2.40. The van der Waals surface area contributed by atoms with Crippen LogP contribution >= 0.6 is 0 Å². The lowest BCUT2D eigenvalue weighted by Gasteiger charge is -2.28. The van der Waals surface area contributed by atoms with Crippen molar-refractivity contribution in [2.75, 3.05) is 19.0 Å². The summed E-state index contributed by atoms with van der Waals surface area (Å²) in [5.74, 6) is 1.89. The van der Waals surface area contributed by atoms with E-state index in [2.05, 4.69) is 12.2 Å². The van der Waals surface area contributed by atoms with E-state index in [0.29, 0.717) is 17.2 Å². The van der Waals surface area contributed by atoms with Gasteiger partial charge in [0.1, 0.15) is 5.69 Å². The van der Waals surface area contributed by atoms with Gasteiger partial charge >= 0.3 is 0 Å². The Balaban J connectivity index is 1.73. The molecule has 1 N–H and O–H groups in total. The van der Waals surface area contributed by atoms with Crippen LogP contribution in [0, 0.1) is 27.9 Å². The highest BCUT2D eigenvalue weighted by atomic mass is 16.6. The molecule has 1 aromatic carbocycles. The Morgan fingerprint density at radius 1 is 1.33 bits per heavy atom. The summed E-state index contributed by atoms with van der Waals surface area (Å²) in [6.07, 6.45) is 5.11. The van der Waals surface area contributed by atoms with Crippen molar-refractivity contribution in [3.63, 3.8) is 0 Å². The predicted octanol–water partition coefficient (Wildman–Crippen LogP) is 3.22. The number of amides is 1. The topological polar surface area (TPSA) is 75.5 Å². The molecular weight excluding hydrogens is 306 g/mol. The lowest BCUT2D eigenvalue weighted by atomic mass is 9.84. The average Bonchev–Trinajstić information content (AvgIpc) is 3.17. The van der Waals surface area contributed by atoms with Crippen LogP contribution in [0.25, 0.3) is 0 Å². The highest BCUT2D eigenvalue weighted by molar-refractivity contribution is 5.96. The van der Waals surface area contributed by atoms with E-state index in [-0.39, 0.29) is 17.6 Å². The average molecular weight is 331 g/mol. The van der Waals surface area contributed by atoms with Gasteiger partial charge < -0.3 is 10.2 Å². The van der Waals surface area contributed by atoms with E-state index in [4.69, 9.17) is 0 Å². The number of carbonyl (C=O) groups is 1. The number of nitro benzene ring substituents is 1. The van der Waals surface area contributed by atoms with Gasteiger partial charge in [-0.3, -0.25) is 14.9 Å². The molecule has 4 unspecified atom stereocenters. The number of anilines is 1. The van der Waals surface area contributed by atoms with E-state index in [1.54, 1.807) is 31.1 Å². The third kappa shape index (κ3) is 3.09. The molecule has 1 amide bonds. The molecule has 130 valence electrons. The number of carbonyl (C=O) groups excluding carboxylic acids is 1. The Labute approximate surface area is 142 Å². The maximum absolute atomic E-state index is 12.5. The third-order valence-electron chi connectivity index (χ3n) is 5.71. The minimum atomic E-state index is -0.439. The molecule has 6 nitrogen and oxygen atoms in total. The maximum atomic E-state index is 12.5. The number of nitrogens with one attached hydrogen (secondary N) is 1. The molecule has 2 aliphatic rings. The molecule has 2 saturated carbocycles. The molecule has 2 bridgehead atoms. The number of benzene rings is 1. The van der Waals surface area contributed by atoms with Gasteiger partial charge in [-0.15, -0.1) is 0 Å². The van der Waals surface area contributed by atoms with E-state index in [0.717, 1.165) is 11.8 Å². The van der Waals surface area contributed by atoms with Gasteiger partial charge in [0.2, 0.25) is 0 Å². The van der Waals surface area contributed by atoms with Gasteiger partial charge in [-0.1, -0.05) is 6.42 Å². The second kappa shape index (κ2) is 6.42. The summed E-state index contributed by atoms with van der Waals surface area (Å²) in [7, 11) is 3.50. The Kier molecular flexibility index (Phi) is 4.47. The monoisotopic (exact) mass is 331 g/mol. The van der Waals surface area contributed by atoms with Crippen molar-refractivity contribution < 1.29 is 9.72 Å². The van der Waals surface area contributed by atoms with Gasteiger partial charge in [-0.2, -0.15) is 0 Å². The van der Waals surface area contributed by atoms with E-state index in [1.165, 1.54) is 31.7 Å². The molecule has 3 rings (SSSR count). The maximum Gasteiger partial charge on any atom is 0.293 e. The molecular formula is C18H25N3O3. The van der Waals surface area contributed by atoms with Crippen molar-refractivity contribution in [1.29, 1.82) is 0 Å². The first-order valence-electron chi connectivity index (χ1n) is 8.63. The summed E-state index contributed by atoms with van der Waals surface area (Å²) in [4.78, 5) is 25.0. The first kappa shape index (κ1) is 16.7. The van der Waals surface area contributed by atoms with E-state index < -0.39 is 4.92 Å². The van der Waals surface area contributed by atoms with Gasteiger partial charge in [-0.05, 0) is 56.1 Å². The fourth-order valence-electron chi connectivity index (χ4n) is 4.49. The fourth-order valence-corrected chi connectivity index (χ4v) is 4.49. The zero-order valence-electron chi connectivity index (χ0n) is 14.5. The molecule has 0 saturated heterocycles. The molecule has 24 heavy (non-hydrogen) atoms. The van der Waals surface area contributed by atoms with Crippen molar-refractivity contribution in [1.82, 2.24) is 5.32 Å². The van der Waals surface area contributed by atoms with Gasteiger partial charge in [0.15, 0.2) is 0 Å². The van der Waals surface area contributed by atoms with Crippen LogP contribution < -0.4 is 10.2 Å². The van der Waals surface area contributed by atoms with Gasteiger partial charge in [0.05, 0.1) is 4.92 Å². The molecule has 0 heterocycles. The van der Waals surface area contributed by atoms with Gasteiger partial charge in [-0.25, -0.2) is 0 Å². The molecule has 6 heteroatoms. The molecule has 0 radical (unpaired) electrons. The highest BCUT2D eigenvalue weighted by Crippen LogP contribution is 2.49. The van der Waals surface area contributed by atoms with Crippen molar-refractivity contribution >= 4 is 17.3 Å². The summed E-state index contributed by atoms with van der Waals surface area (Å²) in [6, 6.07) is 4.78. The largest absolute Gasteiger partial charge is 0.372 e. The first-order chi connectivity index (χ1) is 11.4. The minimum Gasteiger partial charge on any atom is -0.372 e. The quantitative estimate of drug-likeness (QED) is 0.664. The summed E-state index contributed by atoms with van der Waals surface area (Å²) in [5, 5.41) is 14.3. The van der Waals surface area contributed by atoms with E-state index in [9.17, 15) is 14.9 Å². The predicted molar refractivity (Wildman–Crippen MR) is 93.3 cm³/mol. The SMILES string of the molecule is CC(NC(=O)c1ccc(N(C)C)c([N+](=O)[O-])c1)C1CC2CCC1C2. The Hall–Kier alpha value is -2.11. The number of rotatable bonds is 5. The molecule has 2 fully saturated rings. The fraction of sp³-hybridized carbons (Fsp3) is 0.611. The van der Waals surface area contributed by atoms with Crippen LogP contribution in [-0.2, 0) is 0 Å². The second-order valence-electron chi connectivity index (χ2n) is 7.46. The van der Waals surface area contributed by atoms with Crippen molar-refractivity contribution in [2.24, 2.45) is 17.8 Å². The van der Waals surface area contributed by atoms with E-state index in [1.807, 2.05) is 0 Å². The van der Waals surface area contributed by atoms with Crippen LogP contribution in [-0.4, -0.2) is 31.0 Å². The van der Waals surface area contributed by atoms with Crippen molar-refractivity contribution in [3.8, 4) is 0 Å². The third-order valence-corrected chi connectivity index (χ3v) is 5.71. The summed E-state index contributed by atoms with van der Waals surface area (Å²) >= 11 is 0. The smallest absolute Gasteiger partial charge is 0.293 e. The Morgan fingerprint density at radius 3 is 2.62 bits per heavy atom. The summed E-state index contributed by atoms with van der Waals surface area (Å²) in [6.45, 7) is 2.06. The number of fused-ring (bicyclic) bond motifs is 2. The molecule has 0 spiro atoms. The minimum absolute atomic E-state index is 0.0415. The molecule has 0 aliphatic heterocycles. The number of hydrogen-bond donors (Lipinski definition) is 1. The van der Waals surface area contributed by atoms with Gasteiger partial charge in [0, 0.05) is 31.8 Å². The van der Waals surface area contributed by atoms with E-state index >= 15 is 0 Å². The molecule has 4 atom stereocenters. The van der Waals surface area contributed by atoms with Crippen LogP contribution in [0.3, 0.4) is 0 Å². The zero-order valence-corrected chi connectivity index (χ0v) is 14.5. The second-order valence-corrected chi connectivity index (χ2v) is 7.46. The highest BCUT2D eigenvalue weighted by Gasteiger charge is 2.42. The van der Waals surface area contributed by atoms with Crippen LogP contribution in [0.1, 0.15) is 43.0 Å². The molecule has 0 aromatic heterocycles. The van der Waals surface area contributed by atoms with Crippen LogP contribution in [0.5, 0.6) is 0 Å². The lowest BCUT2D eigenvalue weighted by molar-refractivity contribution is -0.384.